The molecule has 188 valence electrons. The van der Waals surface area contributed by atoms with Crippen LogP contribution < -0.4 is 29.0 Å². The van der Waals surface area contributed by atoms with Crippen LogP contribution in [0, 0.1) is 0 Å². The second kappa shape index (κ2) is 9.09. The molecule has 3 heterocycles. The molecule has 0 saturated heterocycles. The van der Waals surface area contributed by atoms with E-state index >= 15 is 0 Å². The summed E-state index contributed by atoms with van der Waals surface area (Å²) in [5, 5.41) is 8.10. The largest absolute Gasteiger partial charge is 0.496 e. The fraction of sp³-hybridized carbons (Fsp3) is 0.214. The molecule has 9 heteroatoms. The van der Waals surface area contributed by atoms with Crippen molar-refractivity contribution in [2.45, 2.75) is 12.1 Å². The van der Waals surface area contributed by atoms with Crippen LogP contribution in [0.1, 0.15) is 28.8 Å². The summed E-state index contributed by atoms with van der Waals surface area (Å²) < 4.78 is 31.5. The van der Waals surface area contributed by atoms with Gasteiger partial charge in [-0.25, -0.2) is 4.68 Å². The smallest absolute Gasteiger partial charge is 0.226 e. The van der Waals surface area contributed by atoms with Gasteiger partial charge in [-0.3, -0.25) is 0 Å². The number of aromatic nitrogens is 3. The third-order valence-corrected chi connectivity index (χ3v) is 6.77. The lowest BCUT2D eigenvalue weighted by Crippen LogP contribution is -2.32. The van der Waals surface area contributed by atoms with Gasteiger partial charge in [-0.1, -0.05) is 30.3 Å². The molecule has 0 aliphatic carbocycles. The molecule has 1 aromatic heterocycles. The molecular weight excluding hydrogens is 472 g/mol. The Hall–Kier alpha value is -4.66. The zero-order valence-corrected chi connectivity index (χ0v) is 20.9. The maximum absolute atomic E-state index is 6.74. The summed E-state index contributed by atoms with van der Waals surface area (Å²) in [5.41, 5.74) is 4.49. The standard InChI is InChI=1S/C28H26N4O5/c1-33-19-11-7-6-10-17(19)24-22-23(31-28-29-15-30-32(24)28)16-9-5-8-12-20(16)37-25(22)18-13-14-21(34-2)27(36-4)26(18)35-3/h5-15,24-25H,1-4H3,(H,29,30,31)/t24-,25+/m0/s1. The van der Waals surface area contributed by atoms with Crippen LogP contribution in [0.15, 0.2) is 72.6 Å². The third kappa shape index (κ3) is 3.46. The van der Waals surface area contributed by atoms with Gasteiger partial charge in [0.15, 0.2) is 17.6 Å². The number of anilines is 1. The minimum atomic E-state index is -0.556. The lowest BCUT2D eigenvalue weighted by molar-refractivity contribution is 0.214. The Bertz CT molecular complexity index is 1510. The molecule has 0 amide bonds. The quantitative estimate of drug-likeness (QED) is 0.403. The second-order valence-electron chi connectivity index (χ2n) is 8.55. The molecule has 0 fully saturated rings. The highest BCUT2D eigenvalue weighted by Gasteiger charge is 2.43. The number of methoxy groups -OCH3 is 4. The Morgan fingerprint density at radius 3 is 2.32 bits per heavy atom. The van der Waals surface area contributed by atoms with E-state index in [-0.39, 0.29) is 6.04 Å². The van der Waals surface area contributed by atoms with E-state index in [0.29, 0.717) is 23.2 Å². The van der Waals surface area contributed by atoms with E-state index < -0.39 is 6.10 Å². The Morgan fingerprint density at radius 1 is 0.784 bits per heavy atom. The lowest BCUT2D eigenvalue weighted by Gasteiger charge is -2.39. The molecule has 2 atom stereocenters. The average Bonchev–Trinajstić information content (AvgIpc) is 3.43. The molecule has 0 unspecified atom stereocenters. The van der Waals surface area contributed by atoms with E-state index in [1.807, 2.05) is 65.3 Å². The zero-order chi connectivity index (χ0) is 25.5. The van der Waals surface area contributed by atoms with Crippen molar-refractivity contribution in [1.82, 2.24) is 14.8 Å². The molecule has 2 aliphatic rings. The van der Waals surface area contributed by atoms with Crippen LogP contribution in [0.5, 0.6) is 28.7 Å². The second-order valence-corrected chi connectivity index (χ2v) is 8.55. The first-order chi connectivity index (χ1) is 18.2. The molecule has 0 spiro atoms. The summed E-state index contributed by atoms with van der Waals surface area (Å²) in [6, 6.07) is 19.3. The van der Waals surface area contributed by atoms with Crippen LogP contribution in [0.2, 0.25) is 0 Å². The number of nitrogens with zero attached hydrogens (tertiary/aromatic N) is 3. The first-order valence-electron chi connectivity index (χ1n) is 11.8. The highest BCUT2D eigenvalue weighted by Crippen LogP contribution is 2.54. The molecule has 2 aliphatic heterocycles. The number of rotatable bonds is 6. The van der Waals surface area contributed by atoms with Gasteiger partial charge in [-0.15, -0.1) is 0 Å². The molecule has 0 radical (unpaired) electrons. The molecule has 1 N–H and O–H groups in total. The Balaban J connectivity index is 1.66. The molecule has 37 heavy (non-hydrogen) atoms. The fourth-order valence-electron chi connectivity index (χ4n) is 5.20. The molecule has 4 aromatic rings. The van der Waals surface area contributed by atoms with E-state index in [4.69, 9.17) is 23.7 Å². The third-order valence-electron chi connectivity index (χ3n) is 6.77. The first kappa shape index (κ1) is 22.8. The van der Waals surface area contributed by atoms with Crippen molar-refractivity contribution < 1.29 is 23.7 Å². The minimum absolute atomic E-state index is 0.374. The Morgan fingerprint density at radius 2 is 1.54 bits per heavy atom. The number of hydrogen-bond donors (Lipinski definition) is 1. The SMILES string of the molecule is COc1ccccc1[C@H]1C2=C(Nc3ncnn31)c1ccccc1O[C@@H]2c1ccc(OC)c(OC)c1OC. The number of ether oxygens (including phenoxy) is 5. The van der Waals surface area contributed by atoms with Crippen LogP contribution in [0.25, 0.3) is 5.70 Å². The van der Waals surface area contributed by atoms with Crippen molar-refractivity contribution in [3.8, 4) is 28.7 Å². The van der Waals surface area contributed by atoms with Gasteiger partial charge < -0.3 is 29.0 Å². The fourth-order valence-corrected chi connectivity index (χ4v) is 5.20. The summed E-state index contributed by atoms with van der Waals surface area (Å²) in [6.07, 6.45) is 0.988. The van der Waals surface area contributed by atoms with Gasteiger partial charge in [0, 0.05) is 22.3 Å². The van der Waals surface area contributed by atoms with Crippen molar-refractivity contribution in [2.24, 2.45) is 0 Å². The number of para-hydroxylation sites is 2. The monoisotopic (exact) mass is 498 g/mol. The first-order valence-corrected chi connectivity index (χ1v) is 11.8. The van der Waals surface area contributed by atoms with E-state index in [1.54, 1.807) is 34.8 Å². The van der Waals surface area contributed by atoms with E-state index in [2.05, 4.69) is 15.4 Å². The number of fused-ring (bicyclic) bond motifs is 3. The molecular formula is C28H26N4O5. The van der Waals surface area contributed by atoms with Gasteiger partial charge in [0.25, 0.3) is 0 Å². The summed E-state index contributed by atoms with van der Waals surface area (Å²) in [6.45, 7) is 0. The predicted molar refractivity (Wildman–Crippen MR) is 138 cm³/mol. The van der Waals surface area contributed by atoms with Crippen LogP contribution in [-0.2, 0) is 0 Å². The minimum Gasteiger partial charge on any atom is -0.496 e. The summed E-state index contributed by atoms with van der Waals surface area (Å²) in [4.78, 5) is 4.50. The van der Waals surface area contributed by atoms with E-state index in [1.165, 1.54) is 0 Å². The van der Waals surface area contributed by atoms with Crippen LogP contribution in [0.3, 0.4) is 0 Å². The van der Waals surface area contributed by atoms with Gasteiger partial charge in [-0.2, -0.15) is 10.1 Å². The van der Waals surface area contributed by atoms with Crippen molar-refractivity contribution in [1.29, 1.82) is 0 Å². The molecule has 6 rings (SSSR count). The highest BCUT2D eigenvalue weighted by atomic mass is 16.5. The molecule has 0 bridgehead atoms. The summed E-state index contributed by atoms with van der Waals surface area (Å²) in [5.74, 6) is 3.69. The van der Waals surface area contributed by atoms with Gasteiger partial charge in [0.1, 0.15) is 23.9 Å². The van der Waals surface area contributed by atoms with E-state index in [0.717, 1.165) is 39.5 Å². The van der Waals surface area contributed by atoms with Gasteiger partial charge in [0.05, 0.1) is 34.1 Å². The van der Waals surface area contributed by atoms with Crippen LogP contribution in [0.4, 0.5) is 5.95 Å². The number of benzene rings is 3. The molecule has 3 aromatic carbocycles. The maximum atomic E-state index is 6.74. The van der Waals surface area contributed by atoms with Crippen molar-refractivity contribution in [3.63, 3.8) is 0 Å². The van der Waals surface area contributed by atoms with Gasteiger partial charge in [0.2, 0.25) is 11.7 Å². The zero-order valence-electron chi connectivity index (χ0n) is 20.9. The average molecular weight is 499 g/mol. The predicted octanol–water partition coefficient (Wildman–Crippen LogP) is 4.87. The maximum Gasteiger partial charge on any atom is 0.226 e. The highest BCUT2D eigenvalue weighted by molar-refractivity contribution is 5.85. The lowest BCUT2D eigenvalue weighted by atomic mass is 9.84. The van der Waals surface area contributed by atoms with Crippen molar-refractivity contribution >= 4 is 11.6 Å². The van der Waals surface area contributed by atoms with E-state index in [9.17, 15) is 0 Å². The van der Waals surface area contributed by atoms with Crippen molar-refractivity contribution in [3.05, 3.63) is 89.3 Å². The Kier molecular flexibility index (Phi) is 5.60. The topological polar surface area (TPSA) is 88.9 Å². The normalized spacial score (nSPS) is 17.5. The van der Waals surface area contributed by atoms with Gasteiger partial charge >= 0.3 is 0 Å². The number of hydrogen-bond acceptors (Lipinski definition) is 8. The Labute approximate surface area is 214 Å². The molecule has 0 saturated carbocycles. The summed E-state index contributed by atoms with van der Waals surface area (Å²) >= 11 is 0. The number of nitrogens with one attached hydrogen (secondary N) is 1. The molecule has 9 nitrogen and oxygen atoms in total. The van der Waals surface area contributed by atoms with Crippen LogP contribution >= 0.6 is 0 Å². The van der Waals surface area contributed by atoms with Crippen LogP contribution in [-0.4, -0.2) is 43.2 Å². The summed E-state index contributed by atoms with van der Waals surface area (Å²) in [7, 11) is 6.46. The van der Waals surface area contributed by atoms with Crippen molar-refractivity contribution in [2.75, 3.05) is 33.8 Å². The van der Waals surface area contributed by atoms with Gasteiger partial charge in [-0.05, 0) is 30.3 Å².